The maximum absolute atomic E-state index is 12.6. The minimum Gasteiger partial charge on any atom is -0.493 e. The normalized spacial score (nSPS) is 14.3. The number of anilines is 2. The number of amides is 1. The van der Waals surface area contributed by atoms with Gasteiger partial charge in [0.05, 0.1) is 31.2 Å². The summed E-state index contributed by atoms with van der Waals surface area (Å²) in [4.78, 5) is 14.9. The number of carbonyl (C=O) groups excluding carboxylic acids is 1. The van der Waals surface area contributed by atoms with Gasteiger partial charge in [0.1, 0.15) is 5.75 Å². The van der Waals surface area contributed by atoms with Gasteiger partial charge in [0, 0.05) is 18.7 Å². The minimum absolute atomic E-state index is 0.124. The Labute approximate surface area is 154 Å². The Kier molecular flexibility index (Phi) is 6.12. The van der Waals surface area contributed by atoms with E-state index in [1.54, 1.807) is 12.1 Å². The molecule has 0 spiro atoms. The van der Waals surface area contributed by atoms with Gasteiger partial charge in [-0.05, 0) is 42.3 Å². The fourth-order valence-corrected chi connectivity index (χ4v) is 2.82. The van der Waals surface area contributed by atoms with E-state index in [0.717, 1.165) is 30.2 Å². The molecular weight excluding hydrogens is 328 g/mol. The van der Waals surface area contributed by atoms with E-state index in [0.29, 0.717) is 31.3 Å². The molecule has 3 rings (SSSR count). The van der Waals surface area contributed by atoms with E-state index in [1.807, 2.05) is 36.4 Å². The van der Waals surface area contributed by atoms with Crippen molar-refractivity contribution < 1.29 is 14.3 Å². The minimum atomic E-state index is -0.124. The molecule has 0 radical (unpaired) electrons. The lowest BCUT2D eigenvalue weighted by atomic mass is 10.1. The first-order valence-corrected chi connectivity index (χ1v) is 9.09. The van der Waals surface area contributed by atoms with Crippen molar-refractivity contribution in [3.63, 3.8) is 0 Å². The average molecular weight is 354 g/mol. The van der Waals surface area contributed by atoms with Crippen LogP contribution in [-0.2, 0) is 4.74 Å². The van der Waals surface area contributed by atoms with Gasteiger partial charge in [-0.2, -0.15) is 0 Å². The summed E-state index contributed by atoms with van der Waals surface area (Å²) >= 11 is 0. The molecule has 0 aliphatic carbocycles. The molecule has 1 heterocycles. The Morgan fingerprint density at radius 3 is 2.50 bits per heavy atom. The zero-order valence-corrected chi connectivity index (χ0v) is 15.4. The van der Waals surface area contributed by atoms with Crippen LogP contribution in [0.5, 0.6) is 5.75 Å². The van der Waals surface area contributed by atoms with Crippen LogP contribution in [0.15, 0.2) is 48.5 Å². The van der Waals surface area contributed by atoms with Crippen molar-refractivity contribution in [1.29, 1.82) is 0 Å². The topological polar surface area (TPSA) is 50.8 Å². The Balaban J connectivity index is 1.68. The average Bonchev–Trinajstić information content (AvgIpc) is 2.68. The quantitative estimate of drug-likeness (QED) is 0.857. The van der Waals surface area contributed by atoms with E-state index in [-0.39, 0.29) is 5.91 Å². The first-order chi connectivity index (χ1) is 12.6. The molecule has 0 saturated carbocycles. The van der Waals surface area contributed by atoms with Crippen molar-refractivity contribution in [2.24, 2.45) is 5.92 Å². The predicted octanol–water partition coefficient (Wildman–Crippen LogP) is 3.81. The number of benzene rings is 2. The van der Waals surface area contributed by atoms with Crippen molar-refractivity contribution in [2.45, 2.75) is 13.8 Å². The highest BCUT2D eigenvalue weighted by Gasteiger charge is 2.16. The highest BCUT2D eigenvalue weighted by atomic mass is 16.5. The molecule has 5 heteroatoms. The summed E-state index contributed by atoms with van der Waals surface area (Å²) in [6.07, 6.45) is 0. The maximum Gasteiger partial charge on any atom is 0.255 e. The predicted molar refractivity (Wildman–Crippen MR) is 104 cm³/mol. The van der Waals surface area contributed by atoms with Crippen LogP contribution in [-0.4, -0.2) is 38.8 Å². The zero-order valence-electron chi connectivity index (χ0n) is 15.4. The molecule has 26 heavy (non-hydrogen) atoms. The van der Waals surface area contributed by atoms with Gasteiger partial charge in [-0.1, -0.05) is 26.0 Å². The standard InChI is InChI=1S/C21H26N2O3/c1-16(2)15-26-18-9-7-17(8-10-18)21(24)22-19-5-3-4-6-20(19)23-11-13-25-14-12-23/h3-10,16H,11-15H2,1-2H3,(H,22,24). The number of rotatable bonds is 6. The monoisotopic (exact) mass is 354 g/mol. The molecule has 0 unspecified atom stereocenters. The third-order valence-electron chi connectivity index (χ3n) is 4.20. The molecule has 1 aliphatic rings. The summed E-state index contributed by atoms with van der Waals surface area (Å²) in [5, 5.41) is 3.03. The first kappa shape index (κ1) is 18.3. The van der Waals surface area contributed by atoms with Gasteiger partial charge in [-0.15, -0.1) is 0 Å². The third kappa shape index (κ3) is 4.76. The molecule has 1 saturated heterocycles. The highest BCUT2D eigenvalue weighted by molar-refractivity contribution is 6.06. The van der Waals surface area contributed by atoms with Crippen LogP contribution in [0.25, 0.3) is 0 Å². The smallest absolute Gasteiger partial charge is 0.255 e. The molecule has 2 aromatic carbocycles. The van der Waals surface area contributed by atoms with Crippen LogP contribution in [0, 0.1) is 5.92 Å². The van der Waals surface area contributed by atoms with Gasteiger partial charge in [0.25, 0.3) is 5.91 Å². The second kappa shape index (κ2) is 8.72. The summed E-state index contributed by atoms with van der Waals surface area (Å²) < 4.78 is 11.1. The van der Waals surface area contributed by atoms with E-state index >= 15 is 0 Å². The highest BCUT2D eigenvalue weighted by Crippen LogP contribution is 2.27. The lowest BCUT2D eigenvalue weighted by Gasteiger charge is -2.30. The lowest BCUT2D eigenvalue weighted by molar-refractivity contribution is 0.102. The fraction of sp³-hybridized carbons (Fsp3) is 0.381. The molecule has 0 atom stereocenters. The second-order valence-electron chi connectivity index (χ2n) is 6.80. The van der Waals surface area contributed by atoms with Crippen molar-refractivity contribution in [3.05, 3.63) is 54.1 Å². The van der Waals surface area contributed by atoms with E-state index in [9.17, 15) is 4.79 Å². The Bertz CT molecular complexity index is 722. The zero-order chi connectivity index (χ0) is 18.4. The Morgan fingerprint density at radius 2 is 1.81 bits per heavy atom. The number of carbonyl (C=O) groups is 1. The van der Waals surface area contributed by atoms with Gasteiger partial charge in [0.15, 0.2) is 0 Å². The Hall–Kier alpha value is -2.53. The van der Waals surface area contributed by atoms with Crippen LogP contribution in [0.3, 0.4) is 0 Å². The Morgan fingerprint density at radius 1 is 1.12 bits per heavy atom. The molecular formula is C21H26N2O3. The van der Waals surface area contributed by atoms with Crippen molar-refractivity contribution in [2.75, 3.05) is 43.1 Å². The number of hydrogen-bond acceptors (Lipinski definition) is 4. The third-order valence-corrected chi connectivity index (χ3v) is 4.20. The molecule has 5 nitrogen and oxygen atoms in total. The summed E-state index contributed by atoms with van der Waals surface area (Å²) in [5.41, 5.74) is 2.46. The molecule has 1 aliphatic heterocycles. The van der Waals surface area contributed by atoms with E-state index < -0.39 is 0 Å². The van der Waals surface area contributed by atoms with E-state index in [4.69, 9.17) is 9.47 Å². The maximum atomic E-state index is 12.6. The summed E-state index contributed by atoms with van der Waals surface area (Å²) in [6.45, 7) is 7.95. The molecule has 1 amide bonds. The largest absolute Gasteiger partial charge is 0.493 e. The number of para-hydroxylation sites is 2. The van der Waals surface area contributed by atoms with Gasteiger partial charge < -0.3 is 19.7 Å². The molecule has 0 bridgehead atoms. The molecule has 0 aromatic heterocycles. The molecule has 2 aromatic rings. The van der Waals surface area contributed by atoms with Gasteiger partial charge >= 0.3 is 0 Å². The van der Waals surface area contributed by atoms with Gasteiger partial charge in [-0.3, -0.25) is 4.79 Å². The van der Waals surface area contributed by atoms with E-state index in [2.05, 4.69) is 24.1 Å². The summed E-state index contributed by atoms with van der Waals surface area (Å²) in [5.74, 6) is 1.12. The van der Waals surface area contributed by atoms with Crippen molar-refractivity contribution in [1.82, 2.24) is 0 Å². The van der Waals surface area contributed by atoms with Crippen LogP contribution in [0.1, 0.15) is 24.2 Å². The number of nitrogens with one attached hydrogen (secondary N) is 1. The number of nitrogens with zero attached hydrogens (tertiary/aromatic N) is 1. The van der Waals surface area contributed by atoms with Gasteiger partial charge in [-0.25, -0.2) is 0 Å². The molecule has 1 N–H and O–H groups in total. The fourth-order valence-electron chi connectivity index (χ4n) is 2.82. The van der Waals surface area contributed by atoms with E-state index in [1.165, 1.54) is 0 Å². The van der Waals surface area contributed by atoms with Crippen molar-refractivity contribution >= 4 is 17.3 Å². The molecule has 1 fully saturated rings. The number of morpholine rings is 1. The SMILES string of the molecule is CC(C)COc1ccc(C(=O)Nc2ccccc2N2CCOCC2)cc1. The van der Waals surface area contributed by atoms with Crippen molar-refractivity contribution in [3.8, 4) is 5.75 Å². The van der Waals surface area contributed by atoms with Crippen LogP contribution >= 0.6 is 0 Å². The van der Waals surface area contributed by atoms with Crippen LogP contribution in [0.2, 0.25) is 0 Å². The number of hydrogen-bond donors (Lipinski definition) is 1. The van der Waals surface area contributed by atoms with Gasteiger partial charge in [0.2, 0.25) is 0 Å². The number of ether oxygens (including phenoxy) is 2. The molecule has 138 valence electrons. The second-order valence-corrected chi connectivity index (χ2v) is 6.80. The van der Waals surface area contributed by atoms with Crippen LogP contribution in [0.4, 0.5) is 11.4 Å². The lowest BCUT2D eigenvalue weighted by Crippen LogP contribution is -2.36. The first-order valence-electron chi connectivity index (χ1n) is 9.09. The summed E-state index contributed by atoms with van der Waals surface area (Å²) in [6, 6.07) is 15.2. The summed E-state index contributed by atoms with van der Waals surface area (Å²) in [7, 11) is 0. The van der Waals surface area contributed by atoms with Crippen LogP contribution < -0.4 is 15.0 Å².